The average molecular weight is 384 g/mol. The van der Waals surface area contributed by atoms with Crippen LogP contribution >= 0.6 is 0 Å². The molecule has 1 N–H and O–H groups in total. The first-order valence-corrected chi connectivity index (χ1v) is 10.0. The fraction of sp³-hybridized carbons (Fsp3) is 0.435. The first-order chi connectivity index (χ1) is 13.5. The highest BCUT2D eigenvalue weighted by atomic mass is 19.1. The lowest BCUT2D eigenvalue weighted by atomic mass is 9.88. The van der Waals surface area contributed by atoms with Crippen LogP contribution in [0.4, 0.5) is 8.78 Å². The maximum atomic E-state index is 13.3. The van der Waals surface area contributed by atoms with E-state index >= 15 is 0 Å². The molecule has 5 heteroatoms. The number of carbonyl (C=O) groups excluding carboxylic acids is 1. The Balaban J connectivity index is 1.48. The second kappa shape index (κ2) is 8.00. The molecule has 148 valence electrons. The van der Waals surface area contributed by atoms with Gasteiger partial charge in [-0.05, 0) is 74.0 Å². The van der Waals surface area contributed by atoms with E-state index in [1.807, 2.05) is 0 Å². The van der Waals surface area contributed by atoms with Crippen molar-refractivity contribution in [3.8, 4) is 0 Å². The number of hydrogen-bond acceptors (Lipinski definition) is 2. The van der Waals surface area contributed by atoms with Gasteiger partial charge in [0, 0.05) is 18.5 Å². The molecule has 3 atom stereocenters. The molecule has 2 aromatic carbocycles. The molecule has 4 rings (SSSR count). The number of carbonyl (C=O) groups is 1. The summed E-state index contributed by atoms with van der Waals surface area (Å²) in [6, 6.07) is 13.0. The van der Waals surface area contributed by atoms with Crippen LogP contribution in [-0.2, 0) is 4.79 Å². The lowest BCUT2D eigenvalue weighted by molar-refractivity contribution is -0.123. The van der Waals surface area contributed by atoms with E-state index < -0.39 is 6.04 Å². The summed E-state index contributed by atoms with van der Waals surface area (Å²) in [5.41, 5.74) is 1.56. The molecular weight excluding hydrogens is 358 g/mol. The molecule has 3 nitrogen and oxygen atoms in total. The van der Waals surface area contributed by atoms with Gasteiger partial charge in [-0.2, -0.15) is 0 Å². The van der Waals surface area contributed by atoms with Crippen molar-refractivity contribution < 1.29 is 13.6 Å². The highest BCUT2D eigenvalue weighted by Crippen LogP contribution is 2.38. The number of nitrogens with zero attached hydrogens (tertiary/aromatic N) is 1. The van der Waals surface area contributed by atoms with Crippen molar-refractivity contribution in [3.63, 3.8) is 0 Å². The van der Waals surface area contributed by atoms with E-state index in [2.05, 4.69) is 17.3 Å². The first kappa shape index (κ1) is 19.1. The van der Waals surface area contributed by atoms with Gasteiger partial charge in [0.05, 0.1) is 6.04 Å². The highest BCUT2D eigenvalue weighted by Gasteiger charge is 2.39. The van der Waals surface area contributed by atoms with E-state index in [1.165, 1.54) is 37.1 Å². The van der Waals surface area contributed by atoms with Crippen LogP contribution < -0.4 is 5.32 Å². The average Bonchev–Trinajstić information content (AvgIpc) is 2.89. The van der Waals surface area contributed by atoms with Crippen LogP contribution in [0.5, 0.6) is 0 Å². The zero-order valence-electron chi connectivity index (χ0n) is 16.1. The summed E-state index contributed by atoms with van der Waals surface area (Å²) in [4.78, 5) is 15.3. The Labute approximate surface area is 164 Å². The third-order valence-corrected chi connectivity index (χ3v) is 6.38. The van der Waals surface area contributed by atoms with Crippen molar-refractivity contribution >= 4 is 5.91 Å². The SMILES string of the molecule is CN1[C@@H]2CC[C@H]1CC(CC(=O)NC(c1ccc(F)cc1)c1ccc(F)cc1)C2. The van der Waals surface area contributed by atoms with E-state index in [0.717, 1.165) is 24.0 Å². The maximum absolute atomic E-state index is 13.3. The Morgan fingerprint density at radius 3 is 1.89 bits per heavy atom. The second-order valence-corrected chi connectivity index (χ2v) is 8.20. The van der Waals surface area contributed by atoms with Crippen LogP contribution in [0.3, 0.4) is 0 Å². The summed E-state index contributed by atoms with van der Waals surface area (Å²) < 4.78 is 26.7. The number of benzene rings is 2. The number of amides is 1. The molecule has 0 aromatic heterocycles. The van der Waals surface area contributed by atoms with Gasteiger partial charge in [0.2, 0.25) is 5.91 Å². The Hall–Kier alpha value is -2.27. The molecule has 1 unspecified atom stereocenters. The molecule has 0 spiro atoms. The molecule has 2 aromatic rings. The van der Waals surface area contributed by atoms with Gasteiger partial charge in [0.25, 0.3) is 0 Å². The van der Waals surface area contributed by atoms with Gasteiger partial charge < -0.3 is 10.2 Å². The Morgan fingerprint density at radius 2 is 1.43 bits per heavy atom. The molecule has 2 aliphatic heterocycles. The van der Waals surface area contributed by atoms with Crippen LogP contribution in [0.25, 0.3) is 0 Å². The van der Waals surface area contributed by atoms with Gasteiger partial charge in [-0.15, -0.1) is 0 Å². The van der Waals surface area contributed by atoms with Crippen molar-refractivity contribution in [1.82, 2.24) is 10.2 Å². The molecule has 28 heavy (non-hydrogen) atoms. The number of nitrogens with one attached hydrogen (secondary N) is 1. The third-order valence-electron chi connectivity index (χ3n) is 6.38. The standard InChI is InChI=1S/C23H26F2N2O/c1-27-20-10-11-21(27)13-15(12-20)14-22(28)26-23(16-2-6-18(24)7-3-16)17-4-8-19(25)9-5-17/h2-9,15,20-21,23H,10-14H2,1H3,(H,26,28)/t15?,20-,21+. The Morgan fingerprint density at radius 1 is 0.964 bits per heavy atom. The molecule has 0 aliphatic carbocycles. The largest absolute Gasteiger partial charge is 0.345 e. The number of hydrogen-bond donors (Lipinski definition) is 1. The van der Waals surface area contributed by atoms with Crippen LogP contribution in [0.1, 0.15) is 49.3 Å². The monoisotopic (exact) mass is 384 g/mol. The molecular formula is C23H26F2N2O. The summed E-state index contributed by atoms with van der Waals surface area (Å²) in [5, 5.41) is 3.10. The molecule has 0 radical (unpaired) electrons. The fourth-order valence-corrected chi connectivity index (χ4v) is 4.84. The quantitative estimate of drug-likeness (QED) is 0.827. The summed E-state index contributed by atoms with van der Waals surface area (Å²) in [6.45, 7) is 0. The van der Waals surface area contributed by atoms with Gasteiger partial charge in [-0.25, -0.2) is 8.78 Å². The van der Waals surface area contributed by atoms with Crippen molar-refractivity contribution in [2.24, 2.45) is 5.92 Å². The van der Waals surface area contributed by atoms with Crippen LogP contribution in [0.2, 0.25) is 0 Å². The normalized spacial score (nSPS) is 24.5. The first-order valence-electron chi connectivity index (χ1n) is 10.0. The summed E-state index contributed by atoms with van der Waals surface area (Å²) in [5.74, 6) is -0.257. The van der Waals surface area contributed by atoms with Gasteiger partial charge in [0.1, 0.15) is 11.6 Å². The van der Waals surface area contributed by atoms with E-state index in [1.54, 1.807) is 24.3 Å². The van der Waals surface area contributed by atoms with Crippen molar-refractivity contribution in [1.29, 1.82) is 0 Å². The smallest absolute Gasteiger partial charge is 0.221 e. The molecule has 2 fully saturated rings. The lowest BCUT2D eigenvalue weighted by Crippen LogP contribution is -2.41. The predicted molar refractivity (Wildman–Crippen MR) is 105 cm³/mol. The van der Waals surface area contributed by atoms with E-state index in [4.69, 9.17) is 0 Å². The molecule has 2 heterocycles. The van der Waals surface area contributed by atoms with Crippen LogP contribution in [0.15, 0.2) is 48.5 Å². The van der Waals surface area contributed by atoms with Crippen molar-refractivity contribution in [2.45, 2.75) is 50.2 Å². The van der Waals surface area contributed by atoms with Crippen molar-refractivity contribution in [2.75, 3.05) is 7.05 Å². The minimum Gasteiger partial charge on any atom is -0.345 e. The Bertz CT molecular complexity index is 762. The van der Waals surface area contributed by atoms with E-state index in [9.17, 15) is 13.6 Å². The molecule has 0 saturated carbocycles. The van der Waals surface area contributed by atoms with Crippen LogP contribution in [-0.4, -0.2) is 29.9 Å². The van der Waals surface area contributed by atoms with Gasteiger partial charge in [-0.1, -0.05) is 24.3 Å². The molecule has 2 bridgehead atoms. The van der Waals surface area contributed by atoms with E-state index in [0.29, 0.717) is 24.4 Å². The summed E-state index contributed by atoms with van der Waals surface area (Å²) in [6.07, 6.45) is 5.09. The number of piperidine rings is 1. The molecule has 2 aliphatic rings. The zero-order valence-corrected chi connectivity index (χ0v) is 16.1. The predicted octanol–water partition coefficient (Wildman–Crippen LogP) is 4.43. The van der Waals surface area contributed by atoms with Crippen molar-refractivity contribution in [3.05, 3.63) is 71.3 Å². The van der Waals surface area contributed by atoms with Gasteiger partial charge in [0.15, 0.2) is 0 Å². The number of rotatable bonds is 5. The maximum Gasteiger partial charge on any atom is 0.221 e. The van der Waals surface area contributed by atoms with Crippen LogP contribution in [0, 0.1) is 17.6 Å². The zero-order chi connectivity index (χ0) is 19.7. The fourth-order valence-electron chi connectivity index (χ4n) is 4.84. The minimum absolute atomic E-state index is 0.00685. The molecule has 2 saturated heterocycles. The minimum atomic E-state index is -0.420. The summed E-state index contributed by atoms with van der Waals surface area (Å²) >= 11 is 0. The lowest BCUT2D eigenvalue weighted by Gasteiger charge is -2.36. The molecule has 1 amide bonds. The van der Waals surface area contributed by atoms with Gasteiger partial charge in [-0.3, -0.25) is 4.79 Å². The number of halogens is 2. The van der Waals surface area contributed by atoms with E-state index in [-0.39, 0.29) is 17.5 Å². The Kier molecular flexibility index (Phi) is 5.44. The number of fused-ring (bicyclic) bond motifs is 2. The summed E-state index contributed by atoms with van der Waals surface area (Å²) in [7, 11) is 2.19. The van der Waals surface area contributed by atoms with Gasteiger partial charge >= 0.3 is 0 Å². The topological polar surface area (TPSA) is 32.3 Å². The second-order valence-electron chi connectivity index (χ2n) is 8.20. The third kappa shape index (κ3) is 4.09. The highest BCUT2D eigenvalue weighted by molar-refractivity contribution is 5.77.